The van der Waals surface area contributed by atoms with Crippen molar-refractivity contribution in [1.82, 2.24) is 9.55 Å². The third-order valence-corrected chi connectivity index (χ3v) is 4.43. The van der Waals surface area contributed by atoms with Gasteiger partial charge in [0.2, 0.25) is 0 Å². The van der Waals surface area contributed by atoms with E-state index in [1.165, 1.54) is 10.9 Å². The number of hydrogen-bond donors (Lipinski definition) is 0. The maximum Gasteiger partial charge on any atom is 0.333 e. The van der Waals surface area contributed by atoms with Crippen molar-refractivity contribution in [1.29, 1.82) is 0 Å². The Kier molecular flexibility index (Phi) is 5.20. The van der Waals surface area contributed by atoms with Crippen LogP contribution in [0.2, 0.25) is 5.02 Å². The number of esters is 1. The minimum atomic E-state index is -0.952. The second-order valence-corrected chi connectivity index (χ2v) is 6.68. The van der Waals surface area contributed by atoms with Crippen LogP contribution < -0.4 is 5.56 Å². The summed E-state index contributed by atoms with van der Waals surface area (Å²) in [6.45, 7) is 1.92. The molecular formula is C18H14BrClN2O3. The Labute approximate surface area is 157 Å². The van der Waals surface area contributed by atoms with Crippen molar-refractivity contribution in [3.8, 4) is 0 Å². The maximum atomic E-state index is 12.9. The highest BCUT2D eigenvalue weighted by atomic mass is 79.9. The first-order chi connectivity index (χ1) is 12.0. The van der Waals surface area contributed by atoms with E-state index >= 15 is 0 Å². The molecule has 0 bridgehead atoms. The van der Waals surface area contributed by atoms with Gasteiger partial charge in [-0.05, 0) is 42.8 Å². The zero-order valence-corrected chi connectivity index (χ0v) is 15.6. The number of fused-ring (bicyclic) bond motifs is 1. The number of rotatable bonds is 4. The second kappa shape index (κ2) is 7.37. The van der Waals surface area contributed by atoms with Crippen LogP contribution >= 0.6 is 27.5 Å². The summed E-state index contributed by atoms with van der Waals surface area (Å²) >= 11 is 9.41. The highest BCUT2D eigenvalue weighted by molar-refractivity contribution is 9.10. The summed E-state index contributed by atoms with van der Waals surface area (Å²) in [5.41, 5.74) is 0.783. The normalized spacial score (nSPS) is 12.1. The van der Waals surface area contributed by atoms with E-state index in [2.05, 4.69) is 20.9 Å². The van der Waals surface area contributed by atoms with Gasteiger partial charge in [0.1, 0.15) is 0 Å². The number of carbonyl (C=O) groups is 1. The summed E-state index contributed by atoms with van der Waals surface area (Å²) in [6, 6.07) is 11.0. The number of hydrogen-bond acceptors (Lipinski definition) is 4. The molecule has 3 aromatic rings. The van der Waals surface area contributed by atoms with E-state index in [0.29, 0.717) is 21.5 Å². The molecule has 0 fully saturated rings. The molecule has 0 saturated carbocycles. The molecule has 0 radical (unpaired) electrons. The summed E-state index contributed by atoms with van der Waals surface area (Å²) in [7, 11) is 0. The fourth-order valence-corrected chi connectivity index (χ4v) is 3.15. The number of halogens is 2. The van der Waals surface area contributed by atoms with Crippen LogP contribution in [0.1, 0.15) is 18.5 Å². The second-order valence-electron chi connectivity index (χ2n) is 5.33. The van der Waals surface area contributed by atoms with Crippen LogP contribution in [-0.4, -0.2) is 22.1 Å². The molecule has 3 rings (SSSR count). The third kappa shape index (κ3) is 3.60. The fraction of sp³-hybridized carbons (Fsp3) is 0.167. The van der Waals surface area contributed by atoms with Crippen LogP contribution in [0.3, 0.4) is 0 Å². The number of ether oxygens (including phenoxy) is 1. The van der Waals surface area contributed by atoms with Gasteiger partial charge in [0.25, 0.3) is 5.56 Å². The average Bonchev–Trinajstić information content (AvgIpc) is 2.57. The monoisotopic (exact) mass is 420 g/mol. The van der Waals surface area contributed by atoms with Crippen LogP contribution in [0, 0.1) is 0 Å². The molecule has 0 saturated heterocycles. The minimum Gasteiger partial charge on any atom is -0.464 e. The number of nitrogens with zero attached hydrogens (tertiary/aromatic N) is 2. The molecule has 0 amide bonds. The highest BCUT2D eigenvalue weighted by Crippen LogP contribution is 2.23. The van der Waals surface area contributed by atoms with Crippen molar-refractivity contribution in [2.45, 2.75) is 13.0 Å². The maximum absolute atomic E-state index is 12.9. The molecule has 25 heavy (non-hydrogen) atoms. The molecular weight excluding hydrogens is 408 g/mol. The lowest BCUT2D eigenvalue weighted by Gasteiger charge is -2.19. The molecule has 1 aromatic heterocycles. The van der Waals surface area contributed by atoms with Gasteiger partial charge < -0.3 is 4.74 Å². The van der Waals surface area contributed by atoms with E-state index < -0.39 is 12.0 Å². The van der Waals surface area contributed by atoms with E-state index in [9.17, 15) is 9.59 Å². The van der Waals surface area contributed by atoms with Crippen molar-refractivity contribution in [3.05, 3.63) is 74.2 Å². The first kappa shape index (κ1) is 17.6. The summed E-state index contributed by atoms with van der Waals surface area (Å²) in [6.07, 6.45) is 1.36. The minimum absolute atomic E-state index is 0.207. The molecule has 7 heteroatoms. The van der Waals surface area contributed by atoms with Gasteiger partial charge in [-0.1, -0.05) is 39.7 Å². The topological polar surface area (TPSA) is 61.2 Å². The lowest BCUT2D eigenvalue weighted by Crippen LogP contribution is -2.32. The molecule has 5 nitrogen and oxygen atoms in total. The van der Waals surface area contributed by atoms with E-state index in [0.717, 1.165) is 4.47 Å². The van der Waals surface area contributed by atoms with E-state index in [4.69, 9.17) is 16.3 Å². The van der Waals surface area contributed by atoms with Crippen molar-refractivity contribution in [2.24, 2.45) is 0 Å². The average molecular weight is 422 g/mol. The van der Waals surface area contributed by atoms with Crippen molar-refractivity contribution in [2.75, 3.05) is 6.61 Å². The summed E-state index contributed by atoms with van der Waals surface area (Å²) in [4.78, 5) is 29.8. The zero-order chi connectivity index (χ0) is 18.0. The number of carbonyl (C=O) groups excluding carboxylic acids is 1. The predicted octanol–water partition coefficient (Wildman–Crippen LogP) is 3.96. The van der Waals surface area contributed by atoms with E-state index in [-0.39, 0.29) is 12.2 Å². The molecule has 128 valence electrons. The lowest BCUT2D eigenvalue weighted by molar-refractivity contribution is -0.145. The van der Waals surface area contributed by atoms with E-state index in [1.54, 1.807) is 49.4 Å². The predicted molar refractivity (Wildman–Crippen MR) is 99.9 cm³/mol. The van der Waals surface area contributed by atoms with Crippen molar-refractivity contribution < 1.29 is 9.53 Å². The van der Waals surface area contributed by atoms with Crippen LogP contribution in [0.15, 0.2) is 58.1 Å². The Morgan fingerprint density at radius 2 is 2.12 bits per heavy atom. The number of benzene rings is 2. The Hall–Kier alpha value is -2.18. The Bertz CT molecular complexity index is 1000. The van der Waals surface area contributed by atoms with E-state index in [1.807, 2.05) is 0 Å². The SMILES string of the molecule is CCOC(=O)[C@H](c1cccc(Cl)c1)n1cnc2cc(Br)ccc2c1=O. The zero-order valence-electron chi connectivity index (χ0n) is 13.3. The highest BCUT2D eigenvalue weighted by Gasteiger charge is 2.26. The molecule has 0 aliphatic heterocycles. The Morgan fingerprint density at radius 3 is 2.84 bits per heavy atom. The van der Waals surface area contributed by atoms with Gasteiger partial charge in [-0.2, -0.15) is 0 Å². The smallest absolute Gasteiger partial charge is 0.333 e. The quantitative estimate of drug-likeness (QED) is 0.598. The fourth-order valence-electron chi connectivity index (χ4n) is 2.60. The van der Waals surface area contributed by atoms with Gasteiger partial charge in [-0.15, -0.1) is 0 Å². The van der Waals surface area contributed by atoms with Crippen LogP contribution in [0.4, 0.5) is 0 Å². The van der Waals surface area contributed by atoms with Crippen molar-refractivity contribution in [3.63, 3.8) is 0 Å². The lowest BCUT2D eigenvalue weighted by atomic mass is 10.1. The first-order valence-corrected chi connectivity index (χ1v) is 8.77. The molecule has 1 heterocycles. The van der Waals surface area contributed by atoms with Crippen LogP contribution in [0.5, 0.6) is 0 Å². The third-order valence-electron chi connectivity index (χ3n) is 3.70. The number of aromatic nitrogens is 2. The van der Waals surface area contributed by atoms with Crippen LogP contribution in [-0.2, 0) is 9.53 Å². The molecule has 0 spiro atoms. The summed E-state index contributed by atoms with van der Waals surface area (Å²) < 4.78 is 7.26. The largest absolute Gasteiger partial charge is 0.464 e. The van der Waals surface area contributed by atoms with Crippen LogP contribution in [0.25, 0.3) is 10.9 Å². The molecule has 0 aliphatic carbocycles. The molecule has 0 unspecified atom stereocenters. The molecule has 2 aromatic carbocycles. The summed E-state index contributed by atoms with van der Waals surface area (Å²) in [5.74, 6) is -0.537. The Balaban J connectivity index is 2.21. The molecule has 1 atom stereocenters. The summed E-state index contributed by atoms with van der Waals surface area (Å²) in [5, 5.41) is 0.888. The van der Waals surface area contributed by atoms with Gasteiger partial charge in [-0.3, -0.25) is 9.36 Å². The molecule has 0 N–H and O–H groups in total. The molecule has 0 aliphatic rings. The standard InChI is InChI=1S/C18H14BrClN2O3/c1-2-25-18(24)16(11-4-3-5-13(20)8-11)22-10-21-15-9-12(19)6-7-14(15)17(22)23/h3-10,16H,2H2,1H3/t16-/m0/s1. The van der Waals surface area contributed by atoms with Gasteiger partial charge in [0, 0.05) is 9.50 Å². The van der Waals surface area contributed by atoms with Gasteiger partial charge in [-0.25, -0.2) is 9.78 Å². The van der Waals surface area contributed by atoms with Crippen molar-refractivity contribution >= 4 is 44.4 Å². The Morgan fingerprint density at radius 1 is 1.32 bits per heavy atom. The van der Waals surface area contributed by atoms with Gasteiger partial charge >= 0.3 is 5.97 Å². The van der Waals surface area contributed by atoms with Gasteiger partial charge in [0.05, 0.1) is 23.8 Å². The first-order valence-electron chi connectivity index (χ1n) is 7.59. The van der Waals surface area contributed by atoms with Gasteiger partial charge in [0.15, 0.2) is 6.04 Å².